The Bertz CT molecular complexity index is 851. The number of hydrogen-bond donors (Lipinski definition) is 0. The summed E-state index contributed by atoms with van der Waals surface area (Å²) in [6, 6.07) is 8.36. The third-order valence-corrected chi connectivity index (χ3v) is 4.72. The molecule has 24 heavy (non-hydrogen) atoms. The van der Waals surface area contributed by atoms with Crippen molar-refractivity contribution >= 4 is 16.9 Å². The summed E-state index contributed by atoms with van der Waals surface area (Å²) in [6.45, 7) is 6.19. The molecule has 0 spiro atoms. The molecule has 0 amide bonds. The fourth-order valence-corrected chi connectivity index (χ4v) is 3.10. The fraction of sp³-hybridized carbons (Fsp3) is 0.316. The van der Waals surface area contributed by atoms with Crippen LogP contribution in [0.4, 0.5) is 5.95 Å². The molecule has 1 aliphatic heterocycles. The van der Waals surface area contributed by atoms with Crippen molar-refractivity contribution in [3.63, 3.8) is 0 Å². The van der Waals surface area contributed by atoms with Crippen molar-refractivity contribution < 1.29 is 0 Å². The summed E-state index contributed by atoms with van der Waals surface area (Å²) in [7, 11) is 2.15. The molecule has 0 saturated carbocycles. The second-order valence-electron chi connectivity index (χ2n) is 6.42. The Morgan fingerprint density at radius 1 is 0.875 bits per heavy atom. The van der Waals surface area contributed by atoms with Gasteiger partial charge < -0.3 is 9.80 Å². The van der Waals surface area contributed by atoms with Crippen LogP contribution in [0.2, 0.25) is 0 Å². The van der Waals surface area contributed by atoms with Crippen molar-refractivity contribution in [2.75, 3.05) is 38.1 Å². The molecule has 0 unspecified atom stereocenters. The van der Waals surface area contributed by atoms with Crippen molar-refractivity contribution in [3.05, 3.63) is 48.4 Å². The van der Waals surface area contributed by atoms with Crippen LogP contribution in [0.3, 0.4) is 0 Å². The first kappa shape index (κ1) is 15.0. The second kappa shape index (κ2) is 6.17. The number of aryl methyl sites for hydroxylation is 1. The molecule has 1 aromatic carbocycles. The van der Waals surface area contributed by atoms with Crippen LogP contribution in [-0.2, 0) is 0 Å². The van der Waals surface area contributed by atoms with Gasteiger partial charge in [-0.05, 0) is 43.3 Å². The van der Waals surface area contributed by atoms with Gasteiger partial charge in [0.15, 0.2) is 0 Å². The zero-order valence-corrected chi connectivity index (χ0v) is 14.1. The summed E-state index contributed by atoms with van der Waals surface area (Å²) in [5, 5.41) is 1.18. The van der Waals surface area contributed by atoms with Crippen LogP contribution >= 0.6 is 0 Å². The monoisotopic (exact) mass is 319 g/mol. The number of fused-ring (bicyclic) bond motifs is 1. The van der Waals surface area contributed by atoms with Crippen LogP contribution < -0.4 is 4.90 Å². The smallest absolute Gasteiger partial charge is 0.225 e. The van der Waals surface area contributed by atoms with E-state index in [0.717, 1.165) is 48.8 Å². The molecule has 0 bridgehead atoms. The molecule has 1 saturated heterocycles. The highest BCUT2D eigenvalue weighted by molar-refractivity contribution is 5.86. The van der Waals surface area contributed by atoms with E-state index in [-0.39, 0.29) is 0 Å². The zero-order valence-electron chi connectivity index (χ0n) is 14.1. The number of hydrogen-bond acceptors (Lipinski definition) is 5. The molecule has 122 valence electrons. The second-order valence-corrected chi connectivity index (χ2v) is 6.42. The molecule has 1 aliphatic rings. The van der Waals surface area contributed by atoms with Crippen molar-refractivity contribution in [3.8, 4) is 11.1 Å². The fourth-order valence-electron chi connectivity index (χ4n) is 3.10. The summed E-state index contributed by atoms with van der Waals surface area (Å²) in [5.41, 5.74) is 4.42. The summed E-state index contributed by atoms with van der Waals surface area (Å²) in [5.74, 6) is 0.825. The molecule has 0 radical (unpaired) electrons. The molecule has 3 aromatic rings. The van der Waals surface area contributed by atoms with E-state index in [2.05, 4.69) is 56.9 Å². The molecule has 0 atom stereocenters. The quantitative estimate of drug-likeness (QED) is 0.727. The van der Waals surface area contributed by atoms with Crippen molar-refractivity contribution in [2.24, 2.45) is 0 Å². The molecule has 3 heterocycles. The van der Waals surface area contributed by atoms with Gasteiger partial charge >= 0.3 is 0 Å². The van der Waals surface area contributed by atoms with E-state index < -0.39 is 0 Å². The van der Waals surface area contributed by atoms with E-state index in [1.165, 1.54) is 10.9 Å². The Morgan fingerprint density at radius 2 is 1.62 bits per heavy atom. The molecule has 5 heteroatoms. The van der Waals surface area contributed by atoms with Crippen LogP contribution in [0.1, 0.15) is 5.56 Å². The van der Waals surface area contributed by atoms with E-state index in [1.54, 1.807) is 0 Å². The van der Waals surface area contributed by atoms with E-state index in [4.69, 9.17) is 0 Å². The number of aromatic nitrogens is 3. The lowest BCUT2D eigenvalue weighted by atomic mass is 10.0. The Kier molecular flexibility index (Phi) is 3.86. The minimum absolute atomic E-state index is 0.825. The zero-order chi connectivity index (χ0) is 16.5. The number of likely N-dealkylation sites (N-methyl/N-ethyl adjacent to an activating group) is 1. The molecular weight excluding hydrogens is 298 g/mol. The van der Waals surface area contributed by atoms with Gasteiger partial charge in [0, 0.05) is 55.7 Å². The van der Waals surface area contributed by atoms with Crippen molar-refractivity contribution in [2.45, 2.75) is 6.92 Å². The number of piperazine rings is 1. The van der Waals surface area contributed by atoms with E-state index in [1.807, 2.05) is 24.7 Å². The van der Waals surface area contributed by atoms with Crippen LogP contribution in [-0.4, -0.2) is 53.1 Å². The van der Waals surface area contributed by atoms with Gasteiger partial charge in [0.05, 0.1) is 5.52 Å². The highest BCUT2D eigenvalue weighted by Gasteiger charge is 2.16. The van der Waals surface area contributed by atoms with Gasteiger partial charge in [-0.25, -0.2) is 9.97 Å². The molecule has 0 aliphatic carbocycles. The highest BCUT2D eigenvalue weighted by atomic mass is 15.3. The molecule has 0 N–H and O–H groups in total. The van der Waals surface area contributed by atoms with E-state index in [9.17, 15) is 0 Å². The van der Waals surface area contributed by atoms with Crippen molar-refractivity contribution in [1.82, 2.24) is 19.9 Å². The number of anilines is 1. The summed E-state index contributed by atoms with van der Waals surface area (Å²) in [6.07, 6.45) is 5.70. The SMILES string of the molecule is Cc1ccnc2ccc(-c3cnc(N4CCN(C)CC4)nc3)cc12. The first-order valence-electron chi connectivity index (χ1n) is 8.32. The standard InChI is InChI=1S/C19H21N5/c1-14-5-6-20-18-4-3-15(11-17(14)18)16-12-21-19(22-13-16)24-9-7-23(2)8-10-24/h3-6,11-13H,7-10H2,1-2H3. The Hall–Kier alpha value is -2.53. The lowest BCUT2D eigenvalue weighted by Crippen LogP contribution is -2.45. The first-order chi connectivity index (χ1) is 11.7. The summed E-state index contributed by atoms with van der Waals surface area (Å²) in [4.78, 5) is 18.2. The lowest BCUT2D eigenvalue weighted by molar-refractivity contribution is 0.311. The minimum atomic E-state index is 0.825. The number of nitrogens with zero attached hydrogens (tertiary/aromatic N) is 5. The van der Waals surface area contributed by atoms with Gasteiger partial charge in [0.1, 0.15) is 0 Å². The number of pyridine rings is 1. The van der Waals surface area contributed by atoms with Crippen LogP contribution in [0.15, 0.2) is 42.9 Å². The average Bonchev–Trinajstić information content (AvgIpc) is 2.63. The van der Waals surface area contributed by atoms with Crippen LogP contribution in [0, 0.1) is 6.92 Å². The summed E-state index contributed by atoms with van der Waals surface area (Å²) < 4.78 is 0. The predicted octanol–water partition coefficient (Wildman–Crippen LogP) is 2.75. The molecular formula is C19H21N5. The van der Waals surface area contributed by atoms with Gasteiger partial charge in [-0.15, -0.1) is 0 Å². The van der Waals surface area contributed by atoms with Crippen LogP contribution in [0.25, 0.3) is 22.0 Å². The van der Waals surface area contributed by atoms with Gasteiger partial charge in [-0.3, -0.25) is 4.98 Å². The third kappa shape index (κ3) is 2.83. The molecule has 5 nitrogen and oxygen atoms in total. The third-order valence-electron chi connectivity index (χ3n) is 4.72. The number of rotatable bonds is 2. The minimum Gasteiger partial charge on any atom is -0.338 e. The van der Waals surface area contributed by atoms with Gasteiger partial charge in [0.2, 0.25) is 5.95 Å². The Balaban J connectivity index is 1.62. The van der Waals surface area contributed by atoms with Gasteiger partial charge in [-0.1, -0.05) is 6.07 Å². The normalized spacial score (nSPS) is 15.8. The molecule has 2 aromatic heterocycles. The van der Waals surface area contributed by atoms with Crippen LogP contribution in [0.5, 0.6) is 0 Å². The van der Waals surface area contributed by atoms with Gasteiger partial charge in [-0.2, -0.15) is 0 Å². The summed E-state index contributed by atoms with van der Waals surface area (Å²) >= 11 is 0. The first-order valence-corrected chi connectivity index (χ1v) is 8.32. The van der Waals surface area contributed by atoms with E-state index >= 15 is 0 Å². The van der Waals surface area contributed by atoms with Gasteiger partial charge in [0.25, 0.3) is 0 Å². The highest BCUT2D eigenvalue weighted by Crippen LogP contribution is 2.25. The maximum atomic E-state index is 4.59. The maximum Gasteiger partial charge on any atom is 0.225 e. The lowest BCUT2D eigenvalue weighted by Gasteiger charge is -2.32. The molecule has 1 fully saturated rings. The topological polar surface area (TPSA) is 45.2 Å². The van der Waals surface area contributed by atoms with Crippen molar-refractivity contribution in [1.29, 1.82) is 0 Å². The average molecular weight is 319 g/mol. The van der Waals surface area contributed by atoms with E-state index in [0.29, 0.717) is 0 Å². The largest absolute Gasteiger partial charge is 0.338 e. The predicted molar refractivity (Wildman–Crippen MR) is 97.2 cm³/mol. The Labute approximate surface area is 142 Å². The molecule has 4 rings (SSSR count). The maximum absolute atomic E-state index is 4.59. The Morgan fingerprint density at radius 3 is 2.38 bits per heavy atom. The number of benzene rings is 1.